The van der Waals surface area contributed by atoms with Gasteiger partial charge in [0.05, 0.1) is 19.2 Å². The van der Waals surface area contributed by atoms with Crippen LogP contribution in [-0.2, 0) is 11.3 Å². The average molecular weight is 416 g/mol. The number of aryl methyl sites for hydroxylation is 1. The largest absolute Gasteiger partial charge is 0.497 e. The number of nitrogens with one attached hydrogen (secondary N) is 2. The highest BCUT2D eigenvalue weighted by Gasteiger charge is 2.29. The predicted molar refractivity (Wildman–Crippen MR) is 112 cm³/mol. The molecule has 1 atom stereocenters. The monoisotopic (exact) mass is 416 g/mol. The minimum absolute atomic E-state index is 0.100. The lowest BCUT2D eigenvalue weighted by Crippen LogP contribution is -2.46. The Kier molecular flexibility index (Phi) is 6.54. The second-order valence-electron chi connectivity index (χ2n) is 6.93. The van der Waals surface area contributed by atoms with E-state index in [-0.39, 0.29) is 18.9 Å². The molecule has 31 heavy (non-hydrogen) atoms. The number of nitriles is 1. The Labute approximate surface area is 179 Å². The summed E-state index contributed by atoms with van der Waals surface area (Å²) in [5, 5.41) is 13.9. The Morgan fingerprint density at radius 1 is 1.29 bits per heavy atom. The number of fused-ring (bicyclic) bond motifs is 1. The first-order valence-corrected chi connectivity index (χ1v) is 9.44. The fourth-order valence-electron chi connectivity index (χ4n) is 3.24. The summed E-state index contributed by atoms with van der Waals surface area (Å²) in [6.45, 7) is 2.35. The number of rotatable bonds is 5. The molecule has 1 heterocycles. The zero-order valence-electron chi connectivity index (χ0n) is 17.1. The van der Waals surface area contributed by atoms with Gasteiger partial charge in [0.15, 0.2) is 0 Å². The van der Waals surface area contributed by atoms with E-state index in [0.717, 1.165) is 11.1 Å². The van der Waals surface area contributed by atoms with Gasteiger partial charge in [-0.3, -0.25) is 14.9 Å². The quantitative estimate of drug-likeness (QED) is 0.569. The van der Waals surface area contributed by atoms with Crippen LogP contribution >= 0.6 is 0 Å². The predicted octanol–water partition coefficient (Wildman–Crippen LogP) is 1.71. The first-order chi connectivity index (χ1) is 14.9. The van der Waals surface area contributed by atoms with E-state index in [1.54, 1.807) is 29.2 Å². The number of urea groups is 1. The van der Waals surface area contributed by atoms with Crippen LogP contribution in [0.4, 0.5) is 4.79 Å². The maximum absolute atomic E-state index is 12.8. The summed E-state index contributed by atoms with van der Waals surface area (Å²) in [5.41, 5.74) is 3.25. The molecule has 0 radical (unpaired) electrons. The van der Waals surface area contributed by atoms with Crippen molar-refractivity contribution in [1.82, 2.24) is 15.5 Å². The summed E-state index contributed by atoms with van der Waals surface area (Å²) in [6, 6.07) is 11.1. The van der Waals surface area contributed by atoms with Crippen LogP contribution in [-0.4, -0.2) is 42.9 Å². The van der Waals surface area contributed by atoms with E-state index in [1.807, 2.05) is 24.4 Å². The summed E-state index contributed by atoms with van der Waals surface area (Å²) in [4.78, 5) is 36.9. The molecule has 3 rings (SSSR count). The van der Waals surface area contributed by atoms with Crippen LogP contribution in [0.25, 0.3) is 0 Å². The van der Waals surface area contributed by atoms with Crippen molar-refractivity contribution in [3.05, 3.63) is 64.2 Å². The van der Waals surface area contributed by atoms with Gasteiger partial charge in [0, 0.05) is 17.7 Å². The normalized spacial score (nSPS) is 12.7. The average Bonchev–Trinajstić information content (AvgIpc) is 3.07. The lowest BCUT2D eigenvalue weighted by Gasteiger charge is -2.21. The first kappa shape index (κ1) is 21.4. The van der Waals surface area contributed by atoms with Gasteiger partial charge in [-0.2, -0.15) is 5.26 Å². The molecule has 1 aliphatic heterocycles. The number of hydrogen-bond acceptors (Lipinski definition) is 5. The van der Waals surface area contributed by atoms with Crippen molar-refractivity contribution in [2.75, 3.05) is 13.7 Å². The molecule has 2 N–H and O–H groups in total. The van der Waals surface area contributed by atoms with E-state index >= 15 is 0 Å². The molecular weight excluding hydrogens is 396 g/mol. The molecule has 0 aliphatic carbocycles. The van der Waals surface area contributed by atoms with Gasteiger partial charge in [-0.05, 0) is 42.3 Å². The zero-order valence-corrected chi connectivity index (χ0v) is 17.1. The second kappa shape index (κ2) is 9.47. The van der Waals surface area contributed by atoms with Crippen molar-refractivity contribution in [1.29, 1.82) is 5.26 Å². The molecule has 0 aromatic heterocycles. The molecule has 0 bridgehead atoms. The Bertz CT molecular complexity index is 1140. The Morgan fingerprint density at radius 3 is 2.81 bits per heavy atom. The van der Waals surface area contributed by atoms with Crippen LogP contribution < -0.4 is 15.4 Å². The number of benzene rings is 2. The van der Waals surface area contributed by atoms with E-state index < -0.39 is 12.1 Å². The molecule has 0 spiro atoms. The molecule has 0 saturated heterocycles. The van der Waals surface area contributed by atoms with E-state index in [9.17, 15) is 19.6 Å². The molecule has 0 fully saturated rings. The number of nitrogens with zero attached hydrogens (tertiary/aromatic N) is 2. The third-order valence-electron chi connectivity index (χ3n) is 4.77. The Morgan fingerprint density at radius 2 is 2.10 bits per heavy atom. The summed E-state index contributed by atoms with van der Waals surface area (Å²) >= 11 is 0. The number of hydrogen-bond donors (Lipinski definition) is 2. The minimum atomic E-state index is -0.771. The van der Waals surface area contributed by atoms with Crippen LogP contribution in [0.2, 0.25) is 0 Å². The molecule has 0 saturated carbocycles. The molecule has 0 unspecified atom stereocenters. The number of methoxy groups -OCH3 is 1. The van der Waals surface area contributed by atoms with Crippen molar-refractivity contribution in [2.24, 2.45) is 0 Å². The Hall–Kier alpha value is -4.30. The highest BCUT2D eigenvalue weighted by Crippen LogP contribution is 2.26. The van der Waals surface area contributed by atoms with Crippen molar-refractivity contribution >= 4 is 18.3 Å². The fourth-order valence-corrected chi connectivity index (χ4v) is 3.24. The van der Waals surface area contributed by atoms with Gasteiger partial charge in [-0.15, -0.1) is 0 Å². The standard InChI is InChI=1S/C23H20N4O4/c1-15-3-4-17(11-24)16(9-15)5-7-19(26-23(30)25-14-28)13-27-12-18-6-8-20(31-2)10-21(18)22(27)29/h3-4,6,8-10,14,19H,12-13H2,1-2H3,(H2,25,26,28,30)/t19-/m1/s1. The molecular formula is C23H20N4O4. The summed E-state index contributed by atoms with van der Waals surface area (Å²) in [7, 11) is 1.53. The Balaban J connectivity index is 1.85. The zero-order chi connectivity index (χ0) is 22.4. The van der Waals surface area contributed by atoms with Gasteiger partial charge in [-0.1, -0.05) is 24.0 Å². The number of ether oxygens (including phenoxy) is 1. The molecule has 2 aromatic carbocycles. The van der Waals surface area contributed by atoms with Gasteiger partial charge in [0.2, 0.25) is 6.41 Å². The summed E-state index contributed by atoms with van der Waals surface area (Å²) in [6.07, 6.45) is 0.261. The summed E-state index contributed by atoms with van der Waals surface area (Å²) in [5.74, 6) is 6.21. The SMILES string of the molecule is COc1ccc2c(c1)C(=O)N(C[C@@H](C#Cc1cc(C)ccc1C#N)NC(=O)NC=O)C2. The maximum atomic E-state index is 12.8. The van der Waals surface area contributed by atoms with Gasteiger partial charge in [0.1, 0.15) is 17.9 Å². The third-order valence-corrected chi connectivity index (χ3v) is 4.77. The number of carbonyl (C=O) groups is 3. The van der Waals surface area contributed by atoms with Crippen LogP contribution in [0.3, 0.4) is 0 Å². The van der Waals surface area contributed by atoms with Crippen molar-refractivity contribution < 1.29 is 19.1 Å². The lowest BCUT2D eigenvalue weighted by molar-refractivity contribution is -0.108. The van der Waals surface area contributed by atoms with Crippen molar-refractivity contribution in [2.45, 2.75) is 19.5 Å². The molecule has 4 amide bonds. The molecule has 1 aliphatic rings. The highest BCUT2D eigenvalue weighted by atomic mass is 16.5. The number of carbonyl (C=O) groups excluding carboxylic acids is 3. The number of imide groups is 1. The maximum Gasteiger partial charge on any atom is 0.322 e. The van der Waals surface area contributed by atoms with Crippen LogP contribution in [0.15, 0.2) is 36.4 Å². The van der Waals surface area contributed by atoms with E-state index in [1.165, 1.54) is 7.11 Å². The first-order valence-electron chi connectivity index (χ1n) is 9.44. The third kappa shape index (κ3) is 5.01. The van der Waals surface area contributed by atoms with Gasteiger partial charge >= 0.3 is 6.03 Å². The van der Waals surface area contributed by atoms with Crippen LogP contribution in [0.1, 0.15) is 32.6 Å². The van der Waals surface area contributed by atoms with Gasteiger partial charge in [0.25, 0.3) is 5.91 Å². The van der Waals surface area contributed by atoms with Crippen molar-refractivity contribution in [3.8, 4) is 23.7 Å². The topological polar surface area (TPSA) is 112 Å². The van der Waals surface area contributed by atoms with Crippen LogP contribution in [0.5, 0.6) is 5.75 Å². The lowest BCUT2D eigenvalue weighted by atomic mass is 10.1. The minimum Gasteiger partial charge on any atom is -0.497 e. The van der Waals surface area contributed by atoms with E-state index in [2.05, 4.69) is 23.2 Å². The second-order valence-corrected chi connectivity index (χ2v) is 6.93. The number of amides is 4. The van der Waals surface area contributed by atoms with Gasteiger partial charge < -0.3 is 15.0 Å². The van der Waals surface area contributed by atoms with E-state index in [4.69, 9.17) is 4.74 Å². The molecule has 8 nitrogen and oxygen atoms in total. The highest BCUT2D eigenvalue weighted by molar-refractivity contribution is 5.98. The molecule has 2 aromatic rings. The smallest absolute Gasteiger partial charge is 0.322 e. The summed E-state index contributed by atoms with van der Waals surface area (Å²) < 4.78 is 5.18. The van der Waals surface area contributed by atoms with Crippen LogP contribution in [0, 0.1) is 30.1 Å². The van der Waals surface area contributed by atoms with Gasteiger partial charge in [-0.25, -0.2) is 4.79 Å². The fraction of sp³-hybridized carbons (Fsp3) is 0.217. The molecule has 156 valence electrons. The van der Waals surface area contributed by atoms with E-state index in [0.29, 0.717) is 29.0 Å². The molecule has 8 heteroatoms. The van der Waals surface area contributed by atoms with Crippen molar-refractivity contribution in [3.63, 3.8) is 0 Å².